The zero-order valence-corrected chi connectivity index (χ0v) is 9.73. The van der Waals surface area contributed by atoms with Crippen molar-refractivity contribution in [2.45, 2.75) is 12.1 Å². The van der Waals surface area contributed by atoms with E-state index in [9.17, 15) is 4.39 Å². The summed E-state index contributed by atoms with van der Waals surface area (Å²) >= 11 is 5.96. The van der Waals surface area contributed by atoms with Gasteiger partial charge in [-0.15, -0.1) is 0 Å². The number of aromatic nitrogens is 3. The fraction of sp³-hybridized carbons (Fsp3) is 0.455. The van der Waals surface area contributed by atoms with Gasteiger partial charge in [0.05, 0.1) is 12.2 Å². The van der Waals surface area contributed by atoms with Crippen LogP contribution in [0, 0.1) is 5.92 Å². The van der Waals surface area contributed by atoms with Crippen molar-refractivity contribution in [2.24, 2.45) is 5.92 Å². The van der Waals surface area contributed by atoms with Gasteiger partial charge in [-0.25, -0.2) is 13.9 Å². The van der Waals surface area contributed by atoms with Gasteiger partial charge in [0.15, 0.2) is 10.8 Å². The molecule has 1 aliphatic carbocycles. The summed E-state index contributed by atoms with van der Waals surface area (Å²) in [5, 5.41) is 4.52. The number of hydrogen-bond acceptors (Lipinski definition) is 3. The lowest BCUT2D eigenvalue weighted by Crippen LogP contribution is -2.26. The summed E-state index contributed by atoms with van der Waals surface area (Å²) in [6.45, 7) is 1.19. The number of nitrogens with zero attached hydrogens (tertiary/aromatic N) is 4. The summed E-state index contributed by atoms with van der Waals surface area (Å²) in [5.74, 6) is 0.185. The van der Waals surface area contributed by atoms with Crippen molar-refractivity contribution in [3.63, 3.8) is 0 Å². The van der Waals surface area contributed by atoms with Crippen molar-refractivity contribution < 1.29 is 4.39 Å². The molecule has 0 radical (unpaired) electrons. The van der Waals surface area contributed by atoms with Gasteiger partial charge in [0.25, 0.3) is 0 Å². The highest BCUT2D eigenvalue weighted by Gasteiger charge is 2.61. The van der Waals surface area contributed by atoms with Crippen molar-refractivity contribution >= 4 is 22.9 Å². The highest BCUT2D eigenvalue weighted by atomic mass is 35.5. The van der Waals surface area contributed by atoms with E-state index in [0.717, 1.165) is 17.9 Å². The Balaban J connectivity index is 1.82. The molecule has 3 heterocycles. The van der Waals surface area contributed by atoms with Gasteiger partial charge >= 0.3 is 0 Å². The van der Waals surface area contributed by atoms with E-state index in [1.165, 1.54) is 0 Å². The molecule has 1 aliphatic heterocycles. The van der Waals surface area contributed by atoms with Gasteiger partial charge in [-0.3, -0.25) is 0 Å². The molecule has 0 bridgehead atoms. The van der Waals surface area contributed by atoms with Crippen molar-refractivity contribution in [2.75, 3.05) is 18.0 Å². The minimum Gasteiger partial charge on any atom is -0.365 e. The second-order valence-electron chi connectivity index (χ2n) is 4.86. The van der Waals surface area contributed by atoms with Crippen LogP contribution in [-0.2, 0) is 0 Å². The van der Waals surface area contributed by atoms with E-state index in [2.05, 4.69) is 10.1 Å². The number of alkyl halides is 1. The maximum absolute atomic E-state index is 13.9. The number of piperidine rings is 1. The first-order valence-corrected chi connectivity index (χ1v) is 5.97. The molecule has 4 rings (SSSR count). The molecule has 6 heteroatoms. The van der Waals surface area contributed by atoms with Crippen LogP contribution in [0.1, 0.15) is 6.42 Å². The Hall–Kier alpha value is -1.36. The number of imidazole rings is 1. The second-order valence-corrected chi connectivity index (χ2v) is 5.25. The summed E-state index contributed by atoms with van der Waals surface area (Å²) in [7, 11) is 0. The summed E-state index contributed by atoms with van der Waals surface area (Å²) in [5.41, 5.74) is 0.637. The summed E-state index contributed by atoms with van der Waals surface area (Å²) < 4.78 is 15.6. The van der Waals surface area contributed by atoms with E-state index in [4.69, 9.17) is 11.6 Å². The van der Waals surface area contributed by atoms with Crippen LogP contribution in [0.4, 0.5) is 10.1 Å². The van der Waals surface area contributed by atoms with Gasteiger partial charge in [-0.2, -0.15) is 5.10 Å². The molecule has 2 aromatic rings. The topological polar surface area (TPSA) is 33.4 Å². The van der Waals surface area contributed by atoms with E-state index >= 15 is 0 Å². The molecule has 0 N–H and O–H groups in total. The zero-order chi connectivity index (χ0) is 11.6. The smallest absolute Gasteiger partial charge is 0.177 e. The summed E-state index contributed by atoms with van der Waals surface area (Å²) in [6.07, 6.45) is 4.12. The van der Waals surface area contributed by atoms with Crippen LogP contribution in [0.2, 0.25) is 5.15 Å². The molecule has 1 saturated carbocycles. The van der Waals surface area contributed by atoms with Crippen LogP contribution in [0.25, 0.3) is 5.65 Å². The number of halogens is 2. The molecule has 0 amide bonds. The Kier molecular flexibility index (Phi) is 1.65. The van der Waals surface area contributed by atoms with Crippen LogP contribution < -0.4 is 4.90 Å². The Morgan fingerprint density at radius 3 is 3.18 bits per heavy atom. The minimum absolute atomic E-state index is 0.185. The average Bonchev–Trinajstić information content (AvgIpc) is 2.67. The standard InChI is InChI=1S/C11H10ClFN4/c12-9-3-8(10-14-1-2-17(10)15-9)16-5-7-4-11(7,13)6-16/h1-3,7H,4-6H2. The third-order valence-corrected chi connectivity index (χ3v) is 3.89. The van der Waals surface area contributed by atoms with E-state index < -0.39 is 5.67 Å². The molecule has 0 aromatic carbocycles. The van der Waals surface area contributed by atoms with Crippen molar-refractivity contribution in [1.29, 1.82) is 0 Å². The van der Waals surface area contributed by atoms with Gasteiger partial charge in [0, 0.05) is 30.9 Å². The normalized spacial score (nSPS) is 30.9. The van der Waals surface area contributed by atoms with Crippen molar-refractivity contribution in [3.8, 4) is 0 Å². The van der Waals surface area contributed by atoms with Gasteiger partial charge in [-0.1, -0.05) is 11.6 Å². The fourth-order valence-electron chi connectivity index (χ4n) is 2.71. The van der Waals surface area contributed by atoms with E-state index in [1.54, 1.807) is 23.0 Å². The monoisotopic (exact) mass is 252 g/mol. The molecule has 17 heavy (non-hydrogen) atoms. The molecule has 0 spiro atoms. The van der Waals surface area contributed by atoms with E-state index in [1.807, 2.05) is 4.90 Å². The van der Waals surface area contributed by atoms with Gasteiger partial charge in [-0.05, 0) is 6.42 Å². The highest BCUT2D eigenvalue weighted by Crippen LogP contribution is 2.53. The first-order chi connectivity index (χ1) is 8.16. The number of fused-ring (bicyclic) bond motifs is 2. The summed E-state index contributed by atoms with van der Waals surface area (Å²) in [4.78, 5) is 6.26. The molecule has 88 valence electrons. The lowest BCUT2D eigenvalue weighted by molar-refractivity contribution is 0.319. The Morgan fingerprint density at radius 1 is 1.53 bits per heavy atom. The highest BCUT2D eigenvalue weighted by molar-refractivity contribution is 6.29. The van der Waals surface area contributed by atoms with Crippen molar-refractivity contribution in [1.82, 2.24) is 14.6 Å². The van der Waals surface area contributed by atoms with Gasteiger partial charge in [0.2, 0.25) is 0 Å². The molecule has 2 fully saturated rings. The number of hydrogen-bond donors (Lipinski definition) is 0. The first-order valence-electron chi connectivity index (χ1n) is 5.59. The molecule has 2 aliphatic rings. The largest absolute Gasteiger partial charge is 0.365 e. The van der Waals surface area contributed by atoms with Crippen LogP contribution in [0.15, 0.2) is 18.5 Å². The zero-order valence-electron chi connectivity index (χ0n) is 8.98. The SMILES string of the molecule is FC12CC1CN(c1cc(Cl)nn3ccnc13)C2. The Labute approximate surface area is 102 Å². The molecule has 2 unspecified atom stereocenters. The molecule has 2 aromatic heterocycles. The maximum atomic E-state index is 13.9. The van der Waals surface area contributed by atoms with Crippen LogP contribution in [-0.4, -0.2) is 33.4 Å². The van der Waals surface area contributed by atoms with Gasteiger partial charge < -0.3 is 4.90 Å². The number of anilines is 1. The number of rotatable bonds is 1. The predicted molar refractivity (Wildman–Crippen MR) is 62.2 cm³/mol. The predicted octanol–water partition coefficient (Wildman–Crippen LogP) is 1.93. The van der Waals surface area contributed by atoms with E-state index in [0.29, 0.717) is 18.1 Å². The van der Waals surface area contributed by atoms with Crippen molar-refractivity contribution in [3.05, 3.63) is 23.6 Å². The van der Waals surface area contributed by atoms with Crippen LogP contribution >= 0.6 is 11.6 Å². The average molecular weight is 253 g/mol. The summed E-state index contributed by atoms with van der Waals surface area (Å²) in [6, 6.07) is 1.76. The quantitative estimate of drug-likeness (QED) is 0.778. The Bertz CT molecular complexity index is 613. The Morgan fingerprint density at radius 2 is 2.41 bits per heavy atom. The molecular weight excluding hydrogens is 243 g/mol. The van der Waals surface area contributed by atoms with Crippen LogP contribution in [0.5, 0.6) is 0 Å². The molecule has 4 nitrogen and oxygen atoms in total. The van der Waals surface area contributed by atoms with Gasteiger partial charge in [0.1, 0.15) is 5.67 Å². The minimum atomic E-state index is -0.973. The molecular formula is C11H10ClFN4. The second kappa shape index (κ2) is 2.90. The van der Waals surface area contributed by atoms with E-state index in [-0.39, 0.29) is 5.92 Å². The first kappa shape index (κ1) is 9.65. The maximum Gasteiger partial charge on any atom is 0.177 e. The fourth-order valence-corrected chi connectivity index (χ4v) is 2.89. The third kappa shape index (κ3) is 1.29. The lowest BCUT2D eigenvalue weighted by atomic mass is 10.3. The lowest BCUT2D eigenvalue weighted by Gasteiger charge is -2.21. The molecule has 2 atom stereocenters. The molecule has 1 saturated heterocycles. The third-order valence-electron chi connectivity index (χ3n) is 3.70. The van der Waals surface area contributed by atoms with Crippen LogP contribution in [0.3, 0.4) is 0 Å².